The quantitative estimate of drug-likeness (QED) is 0.662. The van der Waals surface area contributed by atoms with Crippen molar-refractivity contribution < 1.29 is 0 Å². The van der Waals surface area contributed by atoms with E-state index in [-0.39, 0.29) is 0 Å². The number of aryl methyl sites for hydroxylation is 3. The number of hydrogen-bond donors (Lipinski definition) is 0. The maximum absolute atomic E-state index is 4.42. The van der Waals surface area contributed by atoms with Crippen LogP contribution in [0.15, 0.2) is 12.3 Å². The second-order valence-corrected chi connectivity index (χ2v) is 3.35. The minimum atomic E-state index is 0.889. The molecule has 68 valence electrons. The van der Waals surface area contributed by atoms with Crippen molar-refractivity contribution in [3.63, 3.8) is 0 Å². The van der Waals surface area contributed by atoms with Crippen LogP contribution in [0.3, 0.4) is 0 Å². The molecule has 0 saturated heterocycles. The number of fused-ring (bicyclic) bond motifs is 1. The van der Waals surface area contributed by atoms with E-state index >= 15 is 0 Å². The van der Waals surface area contributed by atoms with Gasteiger partial charge in [-0.3, -0.25) is 0 Å². The van der Waals surface area contributed by atoms with Gasteiger partial charge in [0.1, 0.15) is 0 Å². The van der Waals surface area contributed by atoms with Crippen molar-refractivity contribution in [2.24, 2.45) is 0 Å². The van der Waals surface area contributed by atoms with Gasteiger partial charge in [-0.25, -0.2) is 9.50 Å². The van der Waals surface area contributed by atoms with Gasteiger partial charge in [-0.2, -0.15) is 5.10 Å². The highest BCUT2D eigenvalue weighted by molar-refractivity contribution is 5.47. The predicted octanol–water partition coefficient (Wildman–Crippen LogP) is 1.91. The van der Waals surface area contributed by atoms with E-state index in [2.05, 4.69) is 36.9 Å². The van der Waals surface area contributed by atoms with Crippen molar-refractivity contribution in [1.29, 1.82) is 0 Å². The van der Waals surface area contributed by atoms with Crippen LogP contribution in [0.2, 0.25) is 0 Å². The Hall–Kier alpha value is -1.38. The molecule has 2 aromatic rings. The first-order valence-corrected chi connectivity index (χ1v) is 4.53. The second-order valence-electron chi connectivity index (χ2n) is 3.35. The Morgan fingerprint density at radius 1 is 1.38 bits per heavy atom. The van der Waals surface area contributed by atoms with Crippen LogP contribution in [0, 0.1) is 13.8 Å². The van der Waals surface area contributed by atoms with E-state index in [1.54, 1.807) is 0 Å². The topological polar surface area (TPSA) is 30.2 Å². The van der Waals surface area contributed by atoms with Gasteiger partial charge in [-0.15, -0.1) is 0 Å². The number of rotatable bonds is 1. The SMILES string of the molecule is CCc1nc2c(C)cc(C)cn2n1. The number of pyridine rings is 1. The van der Waals surface area contributed by atoms with Gasteiger partial charge in [0, 0.05) is 12.6 Å². The number of nitrogens with zero attached hydrogens (tertiary/aromatic N) is 3. The summed E-state index contributed by atoms with van der Waals surface area (Å²) in [5.74, 6) is 0.911. The molecule has 0 radical (unpaired) electrons. The van der Waals surface area contributed by atoms with Gasteiger partial charge in [0.15, 0.2) is 11.5 Å². The van der Waals surface area contributed by atoms with Gasteiger partial charge in [0.05, 0.1) is 0 Å². The molecule has 0 aromatic carbocycles. The summed E-state index contributed by atoms with van der Waals surface area (Å²) >= 11 is 0. The fourth-order valence-corrected chi connectivity index (χ4v) is 1.51. The van der Waals surface area contributed by atoms with Crippen LogP contribution >= 0.6 is 0 Å². The van der Waals surface area contributed by atoms with E-state index in [4.69, 9.17) is 0 Å². The molecule has 2 heterocycles. The van der Waals surface area contributed by atoms with Crippen LogP contribution in [-0.2, 0) is 6.42 Å². The molecule has 0 N–H and O–H groups in total. The van der Waals surface area contributed by atoms with E-state index in [9.17, 15) is 0 Å². The molecule has 2 aromatic heterocycles. The molecule has 3 heteroatoms. The molecule has 13 heavy (non-hydrogen) atoms. The Balaban J connectivity index is 2.75. The molecule has 0 aliphatic carbocycles. The van der Waals surface area contributed by atoms with Gasteiger partial charge in [-0.1, -0.05) is 13.0 Å². The summed E-state index contributed by atoms with van der Waals surface area (Å²) in [6.07, 6.45) is 2.90. The molecule has 3 nitrogen and oxygen atoms in total. The lowest BCUT2D eigenvalue weighted by atomic mass is 10.2. The van der Waals surface area contributed by atoms with Gasteiger partial charge in [0.2, 0.25) is 0 Å². The molecule has 0 aliphatic rings. The summed E-state index contributed by atoms with van der Waals surface area (Å²) in [7, 11) is 0. The average molecular weight is 175 g/mol. The second kappa shape index (κ2) is 2.83. The smallest absolute Gasteiger partial charge is 0.158 e. The Bertz CT molecular complexity index is 443. The van der Waals surface area contributed by atoms with Crippen LogP contribution in [0.5, 0.6) is 0 Å². The first kappa shape index (κ1) is 8.23. The zero-order chi connectivity index (χ0) is 9.42. The largest absolute Gasteiger partial charge is 0.220 e. The van der Waals surface area contributed by atoms with E-state index in [0.29, 0.717) is 0 Å². The normalized spacial score (nSPS) is 11.0. The molecular weight excluding hydrogens is 162 g/mol. The monoisotopic (exact) mass is 175 g/mol. The molecule has 0 amide bonds. The maximum atomic E-state index is 4.42. The summed E-state index contributed by atoms with van der Waals surface area (Å²) < 4.78 is 1.86. The van der Waals surface area contributed by atoms with Crippen LogP contribution < -0.4 is 0 Å². The van der Waals surface area contributed by atoms with E-state index < -0.39 is 0 Å². The third kappa shape index (κ3) is 1.30. The van der Waals surface area contributed by atoms with Crippen molar-refractivity contribution in [3.05, 3.63) is 29.2 Å². The van der Waals surface area contributed by atoms with Gasteiger partial charge in [-0.05, 0) is 25.0 Å². The van der Waals surface area contributed by atoms with Gasteiger partial charge >= 0.3 is 0 Å². The Kier molecular flexibility index (Phi) is 1.79. The molecule has 0 saturated carbocycles. The first-order valence-electron chi connectivity index (χ1n) is 4.53. The summed E-state index contributed by atoms with van der Waals surface area (Å²) in [5.41, 5.74) is 3.38. The third-order valence-corrected chi connectivity index (χ3v) is 2.11. The standard InChI is InChI=1S/C10H13N3/c1-4-9-11-10-8(3)5-7(2)6-13(10)12-9/h5-6H,4H2,1-3H3. The lowest BCUT2D eigenvalue weighted by Crippen LogP contribution is -1.91. The number of hydrogen-bond acceptors (Lipinski definition) is 2. The fourth-order valence-electron chi connectivity index (χ4n) is 1.51. The summed E-state index contributed by atoms with van der Waals surface area (Å²) in [5, 5.41) is 4.36. The van der Waals surface area contributed by atoms with Crippen molar-refractivity contribution in [2.45, 2.75) is 27.2 Å². The van der Waals surface area contributed by atoms with Crippen LogP contribution in [-0.4, -0.2) is 14.6 Å². The molecule has 0 atom stereocenters. The molecule has 2 rings (SSSR count). The van der Waals surface area contributed by atoms with E-state index in [0.717, 1.165) is 17.9 Å². The van der Waals surface area contributed by atoms with Gasteiger partial charge < -0.3 is 0 Å². The summed E-state index contributed by atoms with van der Waals surface area (Å²) in [4.78, 5) is 4.42. The van der Waals surface area contributed by atoms with Crippen molar-refractivity contribution >= 4 is 5.65 Å². The van der Waals surface area contributed by atoms with Crippen molar-refractivity contribution in [2.75, 3.05) is 0 Å². The maximum Gasteiger partial charge on any atom is 0.158 e. The lowest BCUT2D eigenvalue weighted by Gasteiger charge is -1.97. The van der Waals surface area contributed by atoms with Crippen molar-refractivity contribution in [1.82, 2.24) is 14.6 Å². The molecule has 0 aliphatic heterocycles. The summed E-state index contributed by atoms with van der Waals surface area (Å²) in [6, 6.07) is 2.13. The highest BCUT2D eigenvalue weighted by Crippen LogP contribution is 2.10. The highest BCUT2D eigenvalue weighted by atomic mass is 15.3. The van der Waals surface area contributed by atoms with Gasteiger partial charge in [0.25, 0.3) is 0 Å². The molecule has 0 spiro atoms. The minimum absolute atomic E-state index is 0.889. The molecule has 0 fully saturated rings. The molecular formula is C10H13N3. The fraction of sp³-hybridized carbons (Fsp3) is 0.400. The minimum Gasteiger partial charge on any atom is -0.220 e. The third-order valence-electron chi connectivity index (χ3n) is 2.11. The van der Waals surface area contributed by atoms with Crippen molar-refractivity contribution in [3.8, 4) is 0 Å². The predicted molar refractivity (Wildman–Crippen MR) is 51.8 cm³/mol. The first-order chi connectivity index (χ1) is 6.20. The Morgan fingerprint density at radius 3 is 2.85 bits per heavy atom. The van der Waals surface area contributed by atoms with E-state index in [1.165, 1.54) is 11.1 Å². The molecule has 0 unspecified atom stereocenters. The van der Waals surface area contributed by atoms with E-state index in [1.807, 2.05) is 10.7 Å². The Labute approximate surface area is 77.4 Å². The zero-order valence-corrected chi connectivity index (χ0v) is 8.20. The summed E-state index contributed by atoms with van der Waals surface area (Å²) in [6.45, 7) is 6.20. The Morgan fingerprint density at radius 2 is 2.15 bits per heavy atom. The number of aromatic nitrogens is 3. The lowest BCUT2D eigenvalue weighted by molar-refractivity contribution is 0.880. The highest BCUT2D eigenvalue weighted by Gasteiger charge is 2.04. The zero-order valence-electron chi connectivity index (χ0n) is 8.20. The molecule has 0 bridgehead atoms. The van der Waals surface area contributed by atoms with Crippen LogP contribution in [0.25, 0.3) is 5.65 Å². The average Bonchev–Trinajstić information content (AvgIpc) is 2.47. The van der Waals surface area contributed by atoms with Crippen LogP contribution in [0.4, 0.5) is 0 Å². The van der Waals surface area contributed by atoms with Crippen LogP contribution in [0.1, 0.15) is 23.9 Å².